The average Bonchev–Trinajstić information content (AvgIpc) is 3.18. The number of Topliss-reactive ketones (excluding diaryl/α,β-unsaturated/α-hetero) is 1. The standard InChI is InChI=1S/C31H52O7/c1-7-18(32)12-19(28(36)27(35)17(4)16(2)3)21-8-9-22-20-15-38-29(37)24-13-25(33)26(34)14-31(24,6)23(20)10-11-30(21,22)5/h16-17,19-28,33-36H,7-15H2,1-6H3/t17-,19-,20-,21+,22-,23-,24+,25-,26+,27+,28+,30+,31+/m0/s1. The van der Waals surface area contributed by atoms with Crippen molar-refractivity contribution in [2.75, 3.05) is 6.61 Å². The van der Waals surface area contributed by atoms with Gasteiger partial charge in [0.1, 0.15) is 5.78 Å². The number of aliphatic hydroxyl groups is 4. The van der Waals surface area contributed by atoms with Crippen LogP contribution in [0.5, 0.6) is 0 Å². The van der Waals surface area contributed by atoms with Crippen molar-refractivity contribution in [2.24, 2.45) is 58.2 Å². The Morgan fingerprint density at radius 3 is 2.29 bits per heavy atom. The van der Waals surface area contributed by atoms with Crippen LogP contribution in [0.25, 0.3) is 0 Å². The van der Waals surface area contributed by atoms with Crippen molar-refractivity contribution in [3.05, 3.63) is 0 Å². The molecule has 4 fully saturated rings. The van der Waals surface area contributed by atoms with E-state index in [0.29, 0.717) is 19.4 Å². The predicted octanol–water partition coefficient (Wildman–Crippen LogP) is 3.74. The summed E-state index contributed by atoms with van der Waals surface area (Å²) in [5, 5.41) is 43.7. The number of fused-ring (bicyclic) bond motifs is 5. The summed E-state index contributed by atoms with van der Waals surface area (Å²) in [5.74, 6) is -0.0392. The second kappa shape index (κ2) is 11.1. The Morgan fingerprint density at radius 2 is 1.66 bits per heavy atom. The number of hydrogen-bond donors (Lipinski definition) is 4. The first kappa shape index (κ1) is 30.0. The van der Waals surface area contributed by atoms with Gasteiger partial charge in [0.15, 0.2) is 0 Å². The Kier molecular flexibility index (Phi) is 8.75. The minimum absolute atomic E-state index is 0.0868. The zero-order valence-electron chi connectivity index (χ0n) is 24.3. The zero-order valence-corrected chi connectivity index (χ0v) is 24.3. The maximum atomic E-state index is 13.1. The topological polar surface area (TPSA) is 124 Å². The summed E-state index contributed by atoms with van der Waals surface area (Å²) in [6.07, 6.45) is 1.34. The normalized spacial score (nSPS) is 44.2. The highest BCUT2D eigenvalue weighted by Crippen LogP contribution is 2.66. The van der Waals surface area contributed by atoms with E-state index in [-0.39, 0.29) is 71.4 Å². The SMILES string of the molecule is CCC(=O)C[C@H]([C@@H](O)[C@H](O)[C@@H](C)C(C)C)[C@H]1CC[C@H]2[C@@H]3COC(=O)[C@H]4C[C@H](O)[C@H](O)C[C@]4(C)[C@H]3CC[C@]12C. The maximum absolute atomic E-state index is 13.1. The summed E-state index contributed by atoms with van der Waals surface area (Å²) in [5.41, 5.74) is -0.576. The summed E-state index contributed by atoms with van der Waals surface area (Å²) in [7, 11) is 0. The maximum Gasteiger partial charge on any atom is 0.309 e. The van der Waals surface area contributed by atoms with Gasteiger partial charge in [-0.1, -0.05) is 41.5 Å². The number of aliphatic hydroxyl groups excluding tert-OH is 4. The van der Waals surface area contributed by atoms with Crippen LogP contribution >= 0.6 is 0 Å². The molecule has 1 aliphatic heterocycles. The molecule has 0 aromatic carbocycles. The van der Waals surface area contributed by atoms with Gasteiger partial charge in [-0.2, -0.15) is 0 Å². The van der Waals surface area contributed by atoms with Crippen LogP contribution in [0.3, 0.4) is 0 Å². The molecule has 4 N–H and O–H groups in total. The number of ketones is 1. The number of cyclic esters (lactones) is 1. The monoisotopic (exact) mass is 536 g/mol. The van der Waals surface area contributed by atoms with Crippen LogP contribution in [-0.4, -0.2) is 63.2 Å². The van der Waals surface area contributed by atoms with E-state index in [4.69, 9.17) is 4.74 Å². The Bertz CT molecular complexity index is 874. The van der Waals surface area contributed by atoms with Crippen molar-refractivity contribution in [2.45, 2.75) is 117 Å². The molecule has 13 atom stereocenters. The van der Waals surface area contributed by atoms with Crippen molar-refractivity contribution in [3.8, 4) is 0 Å². The second-order valence-corrected chi connectivity index (χ2v) is 14.2. The van der Waals surface area contributed by atoms with Crippen molar-refractivity contribution in [1.82, 2.24) is 0 Å². The first-order valence-electron chi connectivity index (χ1n) is 15.2. The summed E-state index contributed by atoms with van der Waals surface area (Å²) in [6.45, 7) is 12.7. The number of rotatable bonds is 8. The molecular weight excluding hydrogens is 484 g/mol. The Labute approximate surface area is 228 Å². The lowest BCUT2D eigenvalue weighted by atomic mass is 9.48. The Morgan fingerprint density at radius 1 is 1.00 bits per heavy atom. The number of esters is 1. The molecular formula is C31H52O7. The Hall–Kier alpha value is -1.02. The van der Waals surface area contributed by atoms with Crippen molar-refractivity contribution >= 4 is 11.8 Å². The van der Waals surface area contributed by atoms with E-state index in [1.54, 1.807) is 0 Å². The second-order valence-electron chi connectivity index (χ2n) is 14.2. The van der Waals surface area contributed by atoms with E-state index in [9.17, 15) is 30.0 Å². The van der Waals surface area contributed by atoms with Gasteiger partial charge in [0.05, 0.1) is 36.9 Å². The van der Waals surface area contributed by atoms with Crippen LogP contribution < -0.4 is 0 Å². The lowest BCUT2D eigenvalue weighted by Crippen LogP contribution is -2.55. The molecule has 0 aromatic heterocycles. The highest BCUT2D eigenvalue weighted by Gasteiger charge is 2.63. The molecule has 0 aromatic rings. The molecule has 0 bridgehead atoms. The van der Waals surface area contributed by atoms with Crippen molar-refractivity contribution in [3.63, 3.8) is 0 Å². The van der Waals surface area contributed by atoms with Gasteiger partial charge < -0.3 is 25.2 Å². The smallest absolute Gasteiger partial charge is 0.309 e. The van der Waals surface area contributed by atoms with Gasteiger partial charge in [0.2, 0.25) is 0 Å². The molecule has 0 spiro atoms. The van der Waals surface area contributed by atoms with Gasteiger partial charge in [-0.15, -0.1) is 0 Å². The number of hydrogen-bond acceptors (Lipinski definition) is 7. The first-order chi connectivity index (χ1) is 17.8. The fourth-order valence-electron chi connectivity index (χ4n) is 9.40. The average molecular weight is 537 g/mol. The number of ether oxygens (including phenoxy) is 1. The van der Waals surface area contributed by atoms with Crippen LogP contribution in [0.1, 0.15) is 92.9 Å². The Balaban J connectivity index is 1.64. The van der Waals surface area contributed by atoms with E-state index < -0.39 is 35.7 Å². The van der Waals surface area contributed by atoms with E-state index in [1.165, 1.54) is 0 Å². The molecule has 7 nitrogen and oxygen atoms in total. The minimum atomic E-state index is -0.968. The predicted molar refractivity (Wildman–Crippen MR) is 144 cm³/mol. The van der Waals surface area contributed by atoms with Gasteiger partial charge in [-0.25, -0.2) is 0 Å². The van der Waals surface area contributed by atoms with E-state index in [2.05, 4.69) is 13.8 Å². The van der Waals surface area contributed by atoms with Crippen molar-refractivity contribution < 1.29 is 34.8 Å². The molecule has 3 saturated carbocycles. The minimum Gasteiger partial charge on any atom is -0.465 e. The highest BCUT2D eigenvalue weighted by atomic mass is 16.5. The van der Waals surface area contributed by atoms with Gasteiger partial charge >= 0.3 is 5.97 Å². The molecule has 7 heteroatoms. The third-order valence-corrected chi connectivity index (χ3v) is 12.2. The third-order valence-electron chi connectivity index (χ3n) is 12.2. The number of carbonyl (C=O) groups excluding carboxylic acids is 2. The summed E-state index contributed by atoms with van der Waals surface area (Å²) in [4.78, 5) is 25.9. The fraction of sp³-hybridized carbons (Fsp3) is 0.935. The third kappa shape index (κ3) is 4.99. The van der Waals surface area contributed by atoms with Crippen LogP contribution in [0.4, 0.5) is 0 Å². The van der Waals surface area contributed by atoms with Gasteiger partial charge in [-0.3, -0.25) is 9.59 Å². The molecule has 38 heavy (non-hydrogen) atoms. The molecule has 1 heterocycles. The summed E-state index contributed by atoms with van der Waals surface area (Å²) in [6, 6.07) is 0. The van der Waals surface area contributed by atoms with Gasteiger partial charge in [0.25, 0.3) is 0 Å². The molecule has 0 radical (unpaired) electrons. The molecule has 4 rings (SSSR count). The van der Waals surface area contributed by atoms with Crippen LogP contribution in [0.2, 0.25) is 0 Å². The summed E-state index contributed by atoms with van der Waals surface area (Å²) >= 11 is 0. The zero-order chi connectivity index (χ0) is 28.2. The van der Waals surface area contributed by atoms with Crippen molar-refractivity contribution in [1.29, 1.82) is 0 Å². The largest absolute Gasteiger partial charge is 0.465 e. The lowest BCUT2D eigenvalue weighted by Gasteiger charge is -2.56. The molecule has 3 aliphatic carbocycles. The van der Waals surface area contributed by atoms with Crippen LogP contribution in [0.15, 0.2) is 0 Å². The molecule has 1 saturated heterocycles. The molecule has 0 amide bonds. The molecule has 0 unspecified atom stereocenters. The van der Waals surface area contributed by atoms with E-state index in [0.717, 1.165) is 25.7 Å². The summed E-state index contributed by atoms with van der Waals surface area (Å²) < 4.78 is 5.89. The van der Waals surface area contributed by atoms with Crippen LogP contribution in [-0.2, 0) is 14.3 Å². The lowest BCUT2D eigenvalue weighted by molar-refractivity contribution is -0.162. The van der Waals surface area contributed by atoms with Crippen LogP contribution in [0, 0.1) is 58.2 Å². The quantitative estimate of drug-likeness (QED) is 0.348. The first-order valence-corrected chi connectivity index (χ1v) is 15.2. The fourth-order valence-corrected chi connectivity index (χ4v) is 9.40. The van der Waals surface area contributed by atoms with E-state index in [1.807, 2.05) is 27.7 Å². The number of carbonyl (C=O) groups is 2. The van der Waals surface area contributed by atoms with Gasteiger partial charge in [0, 0.05) is 12.8 Å². The van der Waals surface area contributed by atoms with E-state index >= 15 is 0 Å². The molecule has 4 aliphatic rings. The van der Waals surface area contributed by atoms with Gasteiger partial charge in [-0.05, 0) is 90.8 Å². The highest BCUT2D eigenvalue weighted by molar-refractivity contribution is 5.78. The molecule has 218 valence electrons.